The van der Waals surface area contributed by atoms with E-state index in [0.29, 0.717) is 0 Å². The van der Waals surface area contributed by atoms with Crippen LogP contribution in [0.3, 0.4) is 0 Å². The van der Waals surface area contributed by atoms with Crippen molar-refractivity contribution in [3.8, 4) is 0 Å². The zero-order chi connectivity index (χ0) is 13.4. The highest BCUT2D eigenvalue weighted by molar-refractivity contribution is 4.51. The first-order valence-electron chi connectivity index (χ1n) is 6.80. The SMILES string of the molecule is NCCCCCC(N)N.NCCCCCCN. The van der Waals surface area contributed by atoms with E-state index in [-0.39, 0.29) is 6.17 Å². The molecule has 0 spiro atoms. The van der Waals surface area contributed by atoms with Crippen molar-refractivity contribution < 1.29 is 0 Å². The summed E-state index contributed by atoms with van der Waals surface area (Å²) in [5, 5.41) is 0. The van der Waals surface area contributed by atoms with Crippen LogP contribution >= 0.6 is 0 Å². The number of hydrogen-bond donors (Lipinski definition) is 5. The van der Waals surface area contributed by atoms with E-state index in [1.54, 1.807) is 0 Å². The van der Waals surface area contributed by atoms with Crippen LogP contribution in [0.4, 0.5) is 0 Å². The van der Waals surface area contributed by atoms with Crippen molar-refractivity contribution in [1.29, 1.82) is 0 Å². The van der Waals surface area contributed by atoms with Gasteiger partial charge in [0.05, 0.1) is 6.17 Å². The summed E-state index contributed by atoms with van der Waals surface area (Å²) in [5.74, 6) is 0. The van der Waals surface area contributed by atoms with Gasteiger partial charge in [0.15, 0.2) is 0 Å². The molecule has 0 rings (SSSR count). The van der Waals surface area contributed by atoms with E-state index in [1.165, 1.54) is 12.8 Å². The first-order valence-corrected chi connectivity index (χ1v) is 6.80. The van der Waals surface area contributed by atoms with Crippen molar-refractivity contribution in [2.24, 2.45) is 28.7 Å². The molecule has 0 amide bonds. The van der Waals surface area contributed by atoms with Crippen molar-refractivity contribution >= 4 is 0 Å². The Balaban J connectivity index is 0. The molecule has 106 valence electrons. The van der Waals surface area contributed by atoms with Crippen LogP contribution in [-0.4, -0.2) is 25.8 Å². The molecular weight excluding hydrogens is 214 g/mol. The quantitative estimate of drug-likeness (QED) is 0.278. The molecule has 5 heteroatoms. The van der Waals surface area contributed by atoms with Crippen molar-refractivity contribution in [3.63, 3.8) is 0 Å². The average Bonchev–Trinajstić information content (AvgIpc) is 2.31. The van der Waals surface area contributed by atoms with Gasteiger partial charge in [-0.1, -0.05) is 25.7 Å². The highest BCUT2D eigenvalue weighted by Gasteiger charge is 1.92. The van der Waals surface area contributed by atoms with Gasteiger partial charge in [-0.05, 0) is 45.3 Å². The summed E-state index contributed by atoms with van der Waals surface area (Å²) in [6.45, 7) is 2.43. The van der Waals surface area contributed by atoms with Gasteiger partial charge in [-0.15, -0.1) is 0 Å². The summed E-state index contributed by atoms with van der Waals surface area (Å²) in [4.78, 5) is 0. The Morgan fingerprint density at radius 2 is 0.882 bits per heavy atom. The maximum atomic E-state index is 5.32. The third-order valence-corrected chi connectivity index (χ3v) is 2.40. The Morgan fingerprint density at radius 3 is 1.18 bits per heavy atom. The zero-order valence-corrected chi connectivity index (χ0v) is 11.2. The zero-order valence-electron chi connectivity index (χ0n) is 11.2. The van der Waals surface area contributed by atoms with Crippen molar-refractivity contribution in [2.45, 2.75) is 57.5 Å². The monoisotopic (exact) mass is 247 g/mol. The first kappa shape index (κ1) is 19.1. The highest BCUT2D eigenvalue weighted by Crippen LogP contribution is 1.97. The van der Waals surface area contributed by atoms with Crippen LogP contribution in [0, 0.1) is 0 Å². The lowest BCUT2D eigenvalue weighted by Gasteiger charge is -2.02. The third kappa shape index (κ3) is 25.8. The fourth-order valence-corrected chi connectivity index (χ4v) is 1.34. The Bertz CT molecular complexity index is 113. The summed E-state index contributed by atoms with van der Waals surface area (Å²) in [7, 11) is 0. The summed E-state index contributed by atoms with van der Waals surface area (Å²) in [6.07, 6.45) is 8.92. The lowest BCUT2D eigenvalue weighted by molar-refractivity contribution is 0.567. The Kier molecular flexibility index (Phi) is 20.5. The molecule has 0 aromatic heterocycles. The van der Waals surface area contributed by atoms with E-state index in [1.807, 2.05) is 0 Å². The molecule has 17 heavy (non-hydrogen) atoms. The summed E-state index contributed by atoms with van der Waals surface area (Å²) in [6, 6.07) is 0. The minimum atomic E-state index is -0.136. The molecule has 0 fully saturated rings. The van der Waals surface area contributed by atoms with Gasteiger partial charge in [-0.3, -0.25) is 0 Å². The Labute approximate surface area is 106 Å². The second kappa shape index (κ2) is 18.2. The van der Waals surface area contributed by atoms with Gasteiger partial charge in [-0.25, -0.2) is 0 Å². The summed E-state index contributed by atoms with van der Waals surface area (Å²) < 4.78 is 0. The predicted molar refractivity (Wildman–Crippen MR) is 76.3 cm³/mol. The number of hydrogen-bond acceptors (Lipinski definition) is 5. The van der Waals surface area contributed by atoms with Gasteiger partial charge >= 0.3 is 0 Å². The van der Waals surface area contributed by atoms with E-state index < -0.39 is 0 Å². The van der Waals surface area contributed by atoms with Gasteiger partial charge in [0.2, 0.25) is 0 Å². The molecule has 10 N–H and O–H groups in total. The number of unbranched alkanes of at least 4 members (excludes halogenated alkanes) is 5. The first-order chi connectivity index (χ1) is 8.18. The molecule has 0 radical (unpaired) electrons. The van der Waals surface area contributed by atoms with Crippen LogP contribution in [0.25, 0.3) is 0 Å². The van der Waals surface area contributed by atoms with E-state index in [2.05, 4.69) is 0 Å². The molecule has 0 aliphatic carbocycles. The standard InChI is InChI=1S/C6H17N3.C6H16N2/c7-5-3-1-2-4-6(8)9;7-5-3-1-2-4-6-8/h6H,1-5,7-9H2;1-8H2. The van der Waals surface area contributed by atoms with Gasteiger partial charge in [0.1, 0.15) is 0 Å². The van der Waals surface area contributed by atoms with Crippen LogP contribution in [-0.2, 0) is 0 Å². The molecule has 0 unspecified atom stereocenters. The molecule has 0 heterocycles. The largest absolute Gasteiger partial charge is 0.330 e. The molecule has 5 nitrogen and oxygen atoms in total. The Morgan fingerprint density at radius 1 is 0.529 bits per heavy atom. The fraction of sp³-hybridized carbons (Fsp3) is 1.00. The normalized spacial score (nSPS) is 10.2. The van der Waals surface area contributed by atoms with Crippen molar-refractivity contribution in [3.05, 3.63) is 0 Å². The maximum Gasteiger partial charge on any atom is 0.0520 e. The summed E-state index contributed by atoms with van der Waals surface area (Å²) in [5.41, 5.74) is 26.5. The van der Waals surface area contributed by atoms with Crippen LogP contribution in [0.15, 0.2) is 0 Å². The number of rotatable bonds is 10. The molecule has 0 saturated heterocycles. The van der Waals surface area contributed by atoms with Crippen LogP contribution < -0.4 is 28.7 Å². The van der Waals surface area contributed by atoms with Crippen molar-refractivity contribution in [1.82, 2.24) is 0 Å². The third-order valence-electron chi connectivity index (χ3n) is 2.40. The summed E-state index contributed by atoms with van der Waals surface area (Å²) >= 11 is 0. The van der Waals surface area contributed by atoms with Crippen LogP contribution in [0.1, 0.15) is 51.4 Å². The molecular formula is C12H33N5. The smallest absolute Gasteiger partial charge is 0.0520 e. The molecule has 0 bridgehead atoms. The molecule has 0 aliphatic heterocycles. The molecule has 0 aromatic carbocycles. The van der Waals surface area contributed by atoms with Crippen LogP contribution in [0.5, 0.6) is 0 Å². The van der Waals surface area contributed by atoms with Gasteiger partial charge < -0.3 is 28.7 Å². The van der Waals surface area contributed by atoms with E-state index in [4.69, 9.17) is 28.7 Å². The van der Waals surface area contributed by atoms with Gasteiger partial charge in [-0.2, -0.15) is 0 Å². The molecule has 0 aromatic rings. The van der Waals surface area contributed by atoms with Crippen molar-refractivity contribution in [2.75, 3.05) is 19.6 Å². The second-order valence-corrected chi connectivity index (χ2v) is 4.29. The minimum absolute atomic E-state index is 0.136. The second-order valence-electron chi connectivity index (χ2n) is 4.29. The molecule has 0 saturated carbocycles. The highest BCUT2D eigenvalue weighted by atomic mass is 14.8. The van der Waals surface area contributed by atoms with Gasteiger partial charge in [0, 0.05) is 0 Å². The lowest BCUT2D eigenvalue weighted by Crippen LogP contribution is -2.29. The number of nitrogens with two attached hydrogens (primary N) is 5. The maximum absolute atomic E-state index is 5.32. The van der Waals surface area contributed by atoms with E-state index in [9.17, 15) is 0 Å². The molecule has 0 atom stereocenters. The fourth-order valence-electron chi connectivity index (χ4n) is 1.34. The topological polar surface area (TPSA) is 130 Å². The Hall–Kier alpha value is -0.200. The molecule has 0 aliphatic rings. The predicted octanol–water partition coefficient (Wildman–Crippen LogP) is 0.213. The van der Waals surface area contributed by atoms with E-state index >= 15 is 0 Å². The van der Waals surface area contributed by atoms with E-state index in [0.717, 1.165) is 58.2 Å². The lowest BCUT2D eigenvalue weighted by atomic mass is 10.2. The minimum Gasteiger partial charge on any atom is -0.330 e. The van der Waals surface area contributed by atoms with Crippen LogP contribution in [0.2, 0.25) is 0 Å². The average molecular weight is 247 g/mol. The van der Waals surface area contributed by atoms with Gasteiger partial charge in [0.25, 0.3) is 0 Å².